The average Bonchev–Trinajstić information content (AvgIpc) is 2.63. The Kier molecular flexibility index (Phi) is 4.36. The molecule has 5 heteroatoms. The molecular weight excluding hydrogens is 364 g/mol. The standard InChI is InChI=1S/C12H12Br2N2S/c1-7-6-17-12(16-7)5-11(15)9-3-2-8(13)4-10(9)14/h2-4,6,11H,5,15H2,1H3. The summed E-state index contributed by atoms with van der Waals surface area (Å²) in [5, 5.41) is 3.14. The maximum Gasteiger partial charge on any atom is 0.0947 e. The summed E-state index contributed by atoms with van der Waals surface area (Å²) in [5.74, 6) is 0. The molecular formula is C12H12Br2N2S. The lowest BCUT2D eigenvalue weighted by Gasteiger charge is -2.12. The van der Waals surface area contributed by atoms with Crippen molar-refractivity contribution in [2.75, 3.05) is 0 Å². The smallest absolute Gasteiger partial charge is 0.0947 e. The third kappa shape index (κ3) is 3.37. The van der Waals surface area contributed by atoms with Gasteiger partial charge in [-0.3, -0.25) is 0 Å². The molecule has 1 heterocycles. The van der Waals surface area contributed by atoms with E-state index < -0.39 is 0 Å². The first kappa shape index (κ1) is 13.2. The van der Waals surface area contributed by atoms with Crippen LogP contribution in [0.3, 0.4) is 0 Å². The Morgan fingerprint density at radius 3 is 2.76 bits per heavy atom. The summed E-state index contributed by atoms with van der Waals surface area (Å²) in [4.78, 5) is 4.44. The highest BCUT2D eigenvalue weighted by Crippen LogP contribution is 2.28. The van der Waals surface area contributed by atoms with Gasteiger partial charge in [0.25, 0.3) is 0 Å². The van der Waals surface area contributed by atoms with Gasteiger partial charge in [-0.2, -0.15) is 0 Å². The zero-order chi connectivity index (χ0) is 12.4. The molecule has 0 aliphatic rings. The number of benzene rings is 1. The average molecular weight is 376 g/mol. The molecule has 0 radical (unpaired) electrons. The molecule has 1 atom stereocenters. The predicted octanol–water partition coefficient (Wildman–Crippen LogP) is 4.22. The van der Waals surface area contributed by atoms with Crippen molar-refractivity contribution in [2.45, 2.75) is 19.4 Å². The number of hydrogen-bond acceptors (Lipinski definition) is 3. The van der Waals surface area contributed by atoms with Crippen LogP contribution in [0, 0.1) is 6.92 Å². The fraction of sp³-hybridized carbons (Fsp3) is 0.250. The summed E-state index contributed by atoms with van der Waals surface area (Å²) >= 11 is 8.64. The molecule has 17 heavy (non-hydrogen) atoms. The SMILES string of the molecule is Cc1csc(CC(N)c2ccc(Br)cc2Br)n1. The molecule has 0 aliphatic carbocycles. The number of nitrogens with two attached hydrogens (primary N) is 1. The molecule has 1 aromatic heterocycles. The second-order valence-electron chi connectivity index (χ2n) is 3.86. The maximum atomic E-state index is 6.21. The van der Waals surface area contributed by atoms with Crippen LogP contribution in [0.5, 0.6) is 0 Å². The topological polar surface area (TPSA) is 38.9 Å². The van der Waals surface area contributed by atoms with Gasteiger partial charge in [0.05, 0.1) is 5.01 Å². The molecule has 0 saturated heterocycles. The number of rotatable bonds is 3. The fourth-order valence-corrected chi connectivity index (χ4v) is 3.77. The van der Waals surface area contributed by atoms with Gasteiger partial charge in [-0.05, 0) is 24.6 Å². The third-order valence-corrected chi connectivity index (χ3v) is 4.59. The van der Waals surface area contributed by atoms with Crippen molar-refractivity contribution in [3.05, 3.63) is 48.8 Å². The van der Waals surface area contributed by atoms with Crippen LogP contribution in [0.15, 0.2) is 32.5 Å². The van der Waals surface area contributed by atoms with Crippen LogP contribution >= 0.6 is 43.2 Å². The summed E-state index contributed by atoms with van der Waals surface area (Å²) in [6.45, 7) is 2.00. The van der Waals surface area contributed by atoms with Crippen LogP contribution in [-0.2, 0) is 6.42 Å². The zero-order valence-corrected chi connectivity index (χ0v) is 13.3. The molecule has 0 fully saturated rings. The van der Waals surface area contributed by atoms with Crippen LogP contribution < -0.4 is 5.73 Å². The normalized spacial score (nSPS) is 12.7. The Morgan fingerprint density at radius 1 is 1.41 bits per heavy atom. The highest BCUT2D eigenvalue weighted by Gasteiger charge is 2.12. The van der Waals surface area contributed by atoms with Gasteiger partial charge >= 0.3 is 0 Å². The van der Waals surface area contributed by atoms with Crippen molar-refractivity contribution in [1.29, 1.82) is 0 Å². The van der Waals surface area contributed by atoms with Crippen molar-refractivity contribution in [1.82, 2.24) is 4.98 Å². The van der Waals surface area contributed by atoms with Gasteiger partial charge in [0, 0.05) is 32.5 Å². The lowest BCUT2D eigenvalue weighted by Crippen LogP contribution is -2.13. The third-order valence-electron chi connectivity index (χ3n) is 2.42. The molecule has 0 amide bonds. The summed E-state index contributed by atoms with van der Waals surface area (Å²) in [6.07, 6.45) is 0.777. The molecule has 0 spiro atoms. The molecule has 1 aromatic carbocycles. The van der Waals surface area contributed by atoms with Gasteiger partial charge in [-0.15, -0.1) is 11.3 Å². The predicted molar refractivity (Wildman–Crippen MR) is 79.3 cm³/mol. The fourth-order valence-electron chi connectivity index (χ4n) is 1.60. The minimum atomic E-state index is -0.0250. The first-order chi connectivity index (χ1) is 8.06. The molecule has 2 N–H and O–H groups in total. The number of thiazole rings is 1. The summed E-state index contributed by atoms with van der Waals surface area (Å²) in [7, 11) is 0. The molecule has 0 aliphatic heterocycles. The Labute approximate surface area is 122 Å². The Bertz CT molecular complexity index is 525. The Balaban J connectivity index is 2.17. The number of nitrogens with zero attached hydrogens (tertiary/aromatic N) is 1. The number of hydrogen-bond donors (Lipinski definition) is 1. The van der Waals surface area contributed by atoms with Crippen molar-refractivity contribution in [3.63, 3.8) is 0 Å². The van der Waals surface area contributed by atoms with Crippen LogP contribution in [0.1, 0.15) is 22.3 Å². The van der Waals surface area contributed by atoms with Crippen molar-refractivity contribution >= 4 is 43.2 Å². The van der Waals surface area contributed by atoms with Gasteiger partial charge in [-0.25, -0.2) is 4.98 Å². The maximum absolute atomic E-state index is 6.21. The minimum absolute atomic E-state index is 0.0250. The summed E-state index contributed by atoms with van der Waals surface area (Å²) in [5.41, 5.74) is 8.38. The van der Waals surface area contributed by atoms with E-state index in [1.54, 1.807) is 11.3 Å². The van der Waals surface area contributed by atoms with E-state index in [1.807, 2.05) is 25.1 Å². The van der Waals surface area contributed by atoms with Crippen LogP contribution in [0.25, 0.3) is 0 Å². The van der Waals surface area contributed by atoms with Crippen molar-refractivity contribution in [3.8, 4) is 0 Å². The van der Waals surface area contributed by atoms with Gasteiger partial charge in [0.15, 0.2) is 0 Å². The number of aryl methyl sites for hydroxylation is 1. The van der Waals surface area contributed by atoms with E-state index in [2.05, 4.69) is 42.2 Å². The van der Waals surface area contributed by atoms with E-state index in [0.717, 1.165) is 31.6 Å². The summed E-state index contributed by atoms with van der Waals surface area (Å²) in [6, 6.07) is 6.04. The van der Waals surface area contributed by atoms with E-state index in [4.69, 9.17) is 5.73 Å². The van der Waals surface area contributed by atoms with Crippen molar-refractivity contribution in [2.24, 2.45) is 5.73 Å². The highest BCUT2D eigenvalue weighted by molar-refractivity contribution is 9.11. The largest absolute Gasteiger partial charge is 0.324 e. The molecule has 2 nitrogen and oxygen atoms in total. The second-order valence-corrected chi connectivity index (χ2v) is 6.57. The van der Waals surface area contributed by atoms with E-state index in [1.165, 1.54) is 0 Å². The van der Waals surface area contributed by atoms with Crippen LogP contribution in [0.4, 0.5) is 0 Å². The summed E-state index contributed by atoms with van der Waals surface area (Å²) < 4.78 is 2.08. The molecule has 2 rings (SSSR count). The minimum Gasteiger partial charge on any atom is -0.324 e. The molecule has 90 valence electrons. The monoisotopic (exact) mass is 374 g/mol. The number of halogens is 2. The van der Waals surface area contributed by atoms with Gasteiger partial charge in [0.1, 0.15) is 0 Å². The van der Waals surface area contributed by atoms with Gasteiger partial charge < -0.3 is 5.73 Å². The van der Waals surface area contributed by atoms with Crippen LogP contribution in [-0.4, -0.2) is 4.98 Å². The van der Waals surface area contributed by atoms with E-state index >= 15 is 0 Å². The van der Waals surface area contributed by atoms with E-state index in [9.17, 15) is 0 Å². The molecule has 2 aromatic rings. The second kappa shape index (κ2) is 5.61. The first-order valence-corrected chi connectivity index (χ1v) is 7.64. The first-order valence-electron chi connectivity index (χ1n) is 5.18. The molecule has 0 saturated carbocycles. The molecule has 1 unspecified atom stereocenters. The van der Waals surface area contributed by atoms with Crippen LogP contribution in [0.2, 0.25) is 0 Å². The van der Waals surface area contributed by atoms with Crippen molar-refractivity contribution < 1.29 is 0 Å². The Hall–Kier alpha value is -0.230. The number of aromatic nitrogens is 1. The lowest BCUT2D eigenvalue weighted by atomic mass is 10.1. The highest BCUT2D eigenvalue weighted by atomic mass is 79.9. The quantitative estimate of drug-likeness (QED) is 0.872. The van der Waals surface area contributed by atoms with E-state index in [0.29, 0.717) is 0 Å². The zero-order valence-electron chi connectivity index (χ0n) is 9.28. The lowest BCUT2D eigenvalue weighted by molar-refractivity contribution is 0.713. The van der Waals surface area contributed by atoms with Gasteiger partial charge in [-0.1, -0.05) is 37.9 Å². The van der Waals surface area contributed by atoms with E-state index in [-0.39, 0.29) is 6.04 Å². The Morgan fingerprint density at radius 2 is 2.18 bits per heavy atom. The molecule has 0 bridgehead atoms. The van der Waals surface area contributed by atoms with Gasteiger partial charge in [0.2, 0.25) is 0 Å².